The molecule has 0 amide bonds. The highest BCUT2D eigenvalue weighted by Crippen LogP contribution is 2.09. The molecule has 1 N–H and O–H groups in total. The standard InChI is InChI=1S/C10H21N5S/c1-5-6-15-9(11-12-10(15)16)14(4)8-7-13(2)3/h5-8H2,1-4H3,(H,12,16). The molecule has 1 aromatic heterocycles. The summed E-state index contributed by atoms with van der Waals surface area (Å²) in [6, 6.07) is 0. The minimum Gasteiger partial charge on any atom is -0.343 e. The fourth-order valence-electron chi connectivity index (χ4n) is 1.48. The van der Waals surface area contributed by atoms with Gasteiger partial charge in [-0.15, -0.1) is 5.10 Å². The number of nitrogens with zero attached hydrogens (tertiary/aromatic N) is 4. The topological polar surface area (TPSA) is 40.1 Å². The van der Waals surface area contributed by atoms with Crippen molar-refractivity contribution in [1.82, 2.24) is 19.7 Å². The van der Waals surface area contributed by atoms with Crippen LogP contribution in [0.2, 0.25) is 0 Å². The second kappa shape index (κ2) is 6.00. The van der Waals surface area contributed by atoms with Crippen LogP contribution in [0.3, 0.4) is 0 Å². The second-order valence-electron chi connectivity index (χ2n) is 4.21. The Morgan fingerprint density at radius 1 is 1.31 bits per heavy atom. The lowest BCUT2D eigenvalue weighted by atomic mass is 10.5. The molecule has 0 unspecified atom stereocenters. The van der Waals surface area contributed by atoms with Crippen LogP contribution in [0.15, 0.2) is 0 Å². The summed E-state index contributed by atoms with van der Waals surface area (Å²) in [6.45, 7) is 4.99. The Morgan fingerprint density at radius 3 is 2.56 bits per heavy atom. The van der Waals surface area contributed by atoms with Gasteiger partial charge < -0.3 is 9.80 Å². The zero-order chi connectivity index (χ0) is 12.1. The molecule has 0 aromatic carbocycles. The number of H-pyrrole nitrogens is 1. The van der Waals surface area contributed by atoms with E-state index in [1.54, 1.807) is 0 Å². The smallest absolute Gasteiger partial charge is 0.225 e. The molecule has 0 aliphatic carbocycles. The monoisotopic (exact) mass is 243 g/mol. The largest absolute Gasteiger partial charge is 0.343 e. The minimum atomic E-state index is 0.702. The first-order valence-electron chi connectivity index (χ1n) is 5.57. The summed E-state index contributed by atoms with van der Waals surface area (Å²) in [5, 5.41) is 7.12. The van der Waals surface area contributed by atoms with Gasteiger partial charge in [0.25, 0.3) is 0 Å². The molecule has 1 aromatic rings. The number of hydrogen-bond donors (Lipinski definition) is 1. The highest BCUT2D eigenvalue weighted by atomic mass is 32.1. The summed E-state index contributed by atoms with van der Waals surface area (Å²) in [6.07, 6.45) is 1.06. The Labute approximate surface area is 102 Å². The van der Waals surface area contributed by atoms with Gasteiger partial charge in [-0.3, -0.25) is 4.57 Å². The highest BCUT2D eigenvalue weighted by Gasteiger charge is 2.10. The van der Waals surface area contributed by atoms with Crippen LogP contribution in [0.4, 0.5) is 5.95 Å². The van der Waals surface area contributed by atoms with E-state index in [2.05, 4.69) is 41.0 Å². The van der Waals surface area contributed by atoms with Crippen molar-refractivity contribution in [2.75, 3.05) is 39.1 Å². The van der Waals surface area contributed by atoms with Crippen molar-refractivity contribution in [2.45, 2.75) is 19.9 Å². The summed E-state index contributed by atoms with van der Waals surface area (Å²) in [5.41, 5.74) is 0. The van der Waals surface area contributed by atoms with Crippen LogP contribution in [0.5, 0.6) is 0 Å². The fraction of sp³-hybridized carbons (Fsp3) is 0.800. The maximum atomic E-state index is 5.20. The van der Waals surface area contributed by atoms with E-state index in [9.17, 15) is 0 Å². The van der Waals surface area contributed by atoms with Crippen LogP contribution in [0, 0.1) is 4.77 Å². The molecule has 1 rings (SSSR count). The number of anilines is 1. The van der Waals surface area contributed by atoms with Crippen LogP contribution in [-0.2, 0) is 6.54 Å². The lowest BCUT2D eigenvalue weighted by molar-refractivity contribution is 0.414. The first-order valence-corrected chi connectivity index (χ1v) is 5.98. The third kappa shape index (κ3) is 3.31. The van der Waals surface area contributed by atoms with Gasteiger partial charge in [-0.1, -0.05) is 6.92 Å². The summed E-state index contributed by atoms with van der Waals surface area (Å²) < 4.78 is 2.75. The average Bonchev–Trinajstić information content (AvgIpc) is 2.58. The van der Waals surface area contributed by atoms with Crippen molar-refractivity contribution in [1.29, 1.82) is 0 Å². The number of aromatic amines is 1. The Morgan fingerprint density at radius 2 is 2.00 bits per heavy atom. The van der Waals surface area contributed by atoms with Crippen LogP contribution in [-0.4, -0.2) is 53.9 Å². The summed E-state index contributed by atoms with van der Waals surface area (Å²) >= 11 is 5.20. The van der Waals surface area contributed by atoms with E-state index < -0.39 is 0 Å². The molecular weight excluding hydrogens is 222 g/mol. The van der Waals surface area contributed by atoms with Gasteiger partial charge in [-0.2, -0.15) is 0 Å². The minimum absolute atomic E-state index is 0.702. The molecule has 0 aliphatic heterocycles. The first kappa shape index (κ1) is 13.2. The first-order chi connectivity index (χ1) is 7.56. The Bertz CT molecular complexity index is 368. The number of hydrogen-bond acceptors (Lipinski definition) is 4. The van der Waals surface area contributed by atoms with Crippen molar-refractivity contribution in [2.24, 2.45) is 0 Å². The van der Waals surface area contributed by atoms with E-state index in [0.717, 1.165) is 32.0 Å². The van der Waals surface area contributed by atoms with Crippen molar-refractivity contribution in [3.63, 3.8) is 0 Å². The number of nitrogens with one attached hydrogen (secondary N) is 1. The predicted molar refractivity (Wildman–Crippen MR) is 69.5 cm³/mol. The van der Waals surface area contributed by atoms with Gasteiger partial charge in [0, 0.05) is 26.7 Å². The normalized spacial score (nSPS) is 11.1. The quantitative estimate of drug-likeness (QED) is 0.766. The van der Waals surface area contributed by atoms with Gasteiger partial charge in [-0.05, 0) is 32.7 Å². The average molecular weight is 243 g/mol. The molecule has 0 spiro atoms. The molecule has 6 heteroatoms. The number of aromatic nitrogens is 3. The second-order valence-corrected chi connectivity index (χ2v) is 4.59. The van der Waals surface area contributed by atoms with Gasteiger partial charge in [0.1, 0.15) is 0 Å². The molecule has 92 valence electrons. The SMILES string of the molecule is CCCn1c(N(C)CCN(C)C)n[nH]c1=S. The molecule has 0 saturated heterocycles. The maximum absolute atomic E-state index is 5.20. The van der Waals surface area contributed by atoms with E-state index in [-0.39, 0.29) is 0 Å². The van der Waals surface area contributed by atoms with E-state index in [1.165, 1.54) is 0 Å². The van der Waals surface area contributed by atoms with Crippen LogP contribution >= 0.6 is 12.2 Å². The van der Waals surface area contributed by atoms with Crippen molar-refractivity contribution >= 4 is 18.2 Å². The van der Waals surface area contributed by atoms with Crippen molar-refractivity contribution < 1.29 is 0 Å². The molecule has 0 radical (unpaired) electrons. The van der Waals surface area contributed by atoms with Gasteiger partial charge in [0.05, 0.1) is 0 Å². The highest BCUT2D eigenvalue weighted by molar-refractivity contribution is 7.71. The van der Waals surface area contributed by atoms with E-state index in [1.807, 2.05) is 11.6 Å². The molecule has 0 fully saturated rings. The summed E-state index contributed by atoms with van der Waals surface area (Å²) in [5.74, 6) is 0.925. The molecule has 16 heavy (non-hydrogen) atoms. The molecular formula is C10H21N5S. The summed E-state index contributed by atoms with van der Waals surface area (Å²) in [4.78, 5) is 4.28. The lowest BCUT2D eigenvalue weighted by Crippen LogP contribution is -2.30. The van der Waals surface area contributed by atoms with Crippen LogP contribution in [0.25, 0.3) is 0 Å². The molecule has 0 atom stereocenters. The van der Waals surface area contributed by atoms with Gasteiger partial charge in [-0.25, -0.2) is 5.10 Å². The molecule has 0 bridgehead atoms. The van der Waals surface area contributed by atoms with E-state index in [4.69, 9.17) is 12.2 Å². The molecule has 5 nitrogen and oxygen atoms in total. The van der Waals surface area contributed by atoms with Gasteiger partial charge in [0.15, 0.2) is 4.77 Å². The molecule has 1 heterocycles. The van der Waals surface area contributed by atoms with Crippen LogP contribution < -0.4 is 4.90 Å². The maximum Gasteiger partial charge on any atom is 0.225 e. The zero-order valence-electron chi connectivity index (χ0n) is 10.5. The summed E-state index contributed by atoms with van der Waals surface area (Å²) in [7, 11) is 6.18. The van der Waals surface area contributed by atoms with Crippen molar-refractivity contribution in [3.8, 4) is 0 Å². The Kier molecular flexibility index (Phi) is 4.95. The third-order valence-electron chi connectivity index (χ3n) is 2.41. The van der Waals surface area contributed by atoms with Gasteiger partial charge >= 0.3 is 0 Å². The Hall–Kier alpha value is -0.880. The molecule has 0 aliphatic rings. The zero-order valence-corrected chi connectivity index (χ0v) is 11.3. The van der Waals surface area contributed by atoms with Gasteiger partial charge in [0.2, 0.25) is 5.95 Å². The lowest BCUT2D eigenvalue weighted by Gasteiger charge is -2.20. The number of likely N-dealkylation sites (N-methyl/N-ethyl adjacent to an activating group) is 2. The number of rotatable bonds is 6. The van der Waals surface area contributed by atoms with E-state index in [0.29, 0.717) is 4.77 Å². The van der Waals surface area contributed by atoms with E-state index >= 15 is 0 Å². The van der Waals surface area contributed by atoms with Crippen molar-refractivity contribution in [3.05, 3.63) is 4.77 Å². The fourth-order valence-corrected chi connectivity index (χ4v) is 1.69. The predicted octanol–water partition coefficient (Wildman–Crippen LogP) is 1.35. The van der Waals surface area contributed by atoms with Crippen LogP contribution in [0.1, 0.15) is 13.3 Å². The Balaban J connectivity index is 2.74. The molecule has 0 saturated carbocycles. The third-order valence-corrected chi connectivity index (χ3v) is 2.72.